The lowest BCUT2D eigenvalue weighted by molar-refractivity contribution is 0.104. The average molecular weight is 408 g/mol. The van der Waals surface area contributed by atoms with Crippen molar-refractivity contribution in [3.8, 4) is 0 Å². The minimum Gasteiger partial charge on any atom is -0.314 e. The summed E-state index contributed by atoms with van der Waals surface area (Å²) in [5.41, 5.74) is 1.67. The number of hydrogen-bond acceptors (Lipinski definition) is 5. The summed E-state index contributed by atoms with van der Waals surface area (Å²) < 4.78 is 26.4. The molecule has 0 saturated heterocycles. The molecule has 1 aliphatic rings. The Morgan fingerprint density at radius 1 is 0.893 bits per heavy atom. The molecule has 0 amide bonds. The van der Waals surface area contributed by atoms with Crippen molar-refractivity contribution >= 4 is 38.8 Å². The van der Waals surface area contributed by atoms with Gasteiger partial charge in [-0.2, -0.15) is 0 Å². The topological polar surface area (TPSA) is 54.5 Å². The number of carbonyl (C=O) groups excluding carboxylic acids is 1. The Bertz CT molecular complexity index is 1190. The third-order valence-corrected chi connectivity index (χ3v) is 7.06. The Kier molecular flexibility index (Phi) is 4.83. The van der Waals surface area contributed by atoms with Crippen LogP contribution in [0.1, 0.15) is 10.4 Å². The van der Waals surface area contributed by atoms with Crippen LogP contribution in [0.5, 0.6) is 0 Å². The highest BCUT2D eigenvalue weighted by Gasteiger charge is 2.35. The summed E-state index contributed by atoms with van der Waals surface area (Å²) in [6.45, 7) is 0. The number of rotatable bonds is 4. The monoisotopic (exact) mass is 407 g/mol. The first kappa shape index (κ1) is 18.5. The normalized spacial score (nSPS) is 14.9. The lowest BCUT2D eigenvalue weighted by Crippen LogP contribution is -2.25. The molecule has 0 saturated carbocycles. The largest absolute Gasteiger partial charge is 0.314 e. The summed E-state index contributed by atoms with van der Waals surface area (Å²) in [7, 11) is -3.92. The van der Waals surface area contributed by atoms with Crippen LogP contribution in [0.4, 0.5) is 11.4 Å². The number of allylic oxidation sites excluding steroid dienone is 1. The number of ketones is 1. The predicted octanol–water partition coefficient (Wildman–Crippen LogP) is 5.06. The Morgan fingerprint density at radius 2 is 1.61 bits per heavy atom. The number of benzene rings is 3. The Morgan fingerprint density at radius 3 is 2.36 bits per heavy atom. The molecule has 3 aromatic carbocycles. The highest BCUT2D eigenvalue weighted by molar-refractivity contribution is 7.98. The molecule has 0 unspecified atom stereocenters. The third kappa shape index (κ3) is 3.15. The molecule has 1 aliphatic heterocycles. The second-order valence-electron chi connectivity index (χ2n) is 6.23. The lowest BCUT2D eigenvalue weighted by atomic mass is 10.1. The van der Waals surface area contributed by atoms with E-state index >= 15 is 0 Å². The van der Waals surface area contributed by atoms with Crippen LogP contribution < -0.4 is 4.90 Å². The van der Waals surface area contributed by atoms with Crippen LogP contribution in [0.15, 0.2) is 99.8 Å². The molecule has 4 rings (SSSR count). The first-order valence-corrected chi connectivity index (χ1v) is 11.3. The van der Waals surface area contributed by atoms with Crippen LogP contribution >= 0.6 is 11.8 Å². The van der Waals surface area contributed by atoms with Gasteiger partial charge < -0.3 is 4.90 Å². The van der Waals surface area contributed by atoms with E-state index in [0.29, 0.717) is 11.3 Å². The van der Waals surface area contributed by atoms with Crippen molar-refractivity contribution < 1.29 is 13.2 Å². The van der Waals surface area contributed by atoms with Gasteiger partial charge in [0, 0.05) is 22.3 Å². The number of para-hydroxylation sites is 1. The quantitative estimate of drug-likeness (QED) is 0.447. The number of carbonyl (C=O) groups is 1. The fourth-order valence-corrected chi connectivity index (χ4v) is 5.14. The zero-order valence-electron chi connectivity index (χ0n) is 15.1. The van der Waals surface area contributed by atoms with Crippen LogP contribution in [-0.2, 0) is 9.84 Å². The van der Waals surface area contributed by atoms with Crippen molar-refractivity contribution in [1.29, 1.82) is 0 Å². The van der Waals surface area contributed by atoms with E-state index in [1.54, 1.807) is 71.3 Å². The van der Waals surface area contributed by atoms with Gasteiger partial charge in [0.25, 0.3) is 0 Å². The number of fused-ring (bicyclic) bond motifs is 1. The summed E-state index contributed by atoms with van der Waals surface area (Å²) >= 11 is 1.60. The maximum atomic E-state index is 13.2. The van der Waals surface area contributed by atoms with E-state index in [2.05, 4.69) is 0 Å². The molecular formula is C22H17NO3S2. The first-order valence-electron chi connectivity index (χ1n) is 8.61. The first-order chi connectivity index (χ1) is 13.5. The van der Waals surface area contributed by atoms with Crippen LogP contribution in [0.3, 0.4) is 0 Å². The molecule has 0 N–H and O–H groups in total. The molecule has 0 radical (unpaired) electrons. The van der Waals surface area contributed by atoms with Gasteiger partial charge in [-0.25, -0.2) is 8.42 Å². The molecule has 0 spiro atoms. The van der Waals surface area contributed by atoms with Gasteiger partial charge in [0.1, 0.15) is 4.91 Å². The Labute approximate surface area is 168 Å². The SMILES string of the molecule is CSc1cccc(N2C=C(C(=O)c3ccccc3)S(=O)(=O)c3ccccc32)c1. The van der Waals surface area contributed by atoms with Crippen molar-refractivity contribution in [3.63, 3.8) is 0 Å². The molecule has 6 heteroatoms. The van der Waals surface area contributed by atoms with Gasteiger partial charge in [-0.3, -0.25) is 4.79 Å². The number of Topliss-reactive ketones (excluding diaryl/α,β-unsaturated/α-hetero) is 1. The molecule has 0 aliphatic carbocycles. The number of sulfone groups is 1. The zero-order valence-corrected chi connectivity index (χ0v) is 16.7. The highest BCUT2D eigenvalue weighted by atomic mass is 32.2. The van der Waals surface area contributed by atoms with E-state index in [9.17, 15) is 13.2 Å². The van der Waals surface area contributed by atoms with Gasteiger partial charge in [0.05, 0.1) is 10.6 Å². The van der Waals surface area contributed by atoms with Crippen LogP contribution in [0.2, 0.25) is 0 Å². The van der Waals surface area contributed by atoms with Gasteiger partial charge in [-0.1, -0.05) is 48.5 Å². The summed E-state index contributed by atoms with van der Waals surface area (Å²) in [6, 6.07) is 23.0. The average Bonchev–Trinajstić information content (AvgIpc) is 2.74. The van der Waals surface area contributed by atoms with E-state index in [-0.39, 0.29) is 9.80 Å². The van der Waals surface area contributed by atoms with Gasteiger partial charge in [-0.05, 0) is 36.6 Å². The van der Waals surface area contributed by atoms with E-state index in [1.807, 2.05) is 30.5 Å². The molecule has 0 bridgehead atoms. The van der Waals surface area contributed by atoms with Gasteiger partial charge >= 0.3 is 0 Å². The lowest BCUT2D eigenvalue weighted by Gasteiger charge is -2.29. The van der Waals surface area contributed by atoms with Crippen LogP contribution in [0, 0.1) is 0 Å². The summed E-state index contributed by atoms with van der Waals surface area (Å²) in [5, 5.41) is 0. The van der Waals surface area contributed by atoms with E-state index in [0.717, 1.165) is 10.6 Å². The van der Waals surface area contributed by atoms with E-state index in [4.69, 9.17) is 0 Å². The number of anilines is 2. The fourth-order valence-electron chi connectivity index (χ4n) is 3.14. The molecule has 0 fully saturated rings. The van der Waals surface area contributed by atoms with E-state index < -0.39 is 15.6 Å². The maximum Gasteiger partial charge on any atom is 0.214 e. The molecule has 3 aromatic rings. The highest BCUT2D eigenvalue weighted by Crippen LogP contribution is 2.40. The van der Waals surface area contributed by atoms with E-state index in [1.165, 1.54) is 6.20 Å². The molecule has 1 heterocycles. The summed E-state index contributed by atoms with van der Waals surface area (Å²) in [4.78, 5) is 15.8. The minimum atomic E-state index is -3.92. The number of nitrogens with zero attached hydrogens (tertiary/aromatic N) is 1. The number of hydrogen-bond donors (Lipinski definition) is 0. The van der Waals surface area contributed by atoms with Crippen molar-refractivity contribution in [2.45, 2.75) is 9.79 Å². The maximum absolute atomic E-state index is 13.2. The third-order valence-electron chi connectivity index (χ3n) is 4.54. The van der Waals surface area contributed by atoms with Crippen molar-refractivity contribution in [2.24, 2.45) is 0 Å². The van der Waals surface area contributed by atoms with Crippen molar-refractivity contribution in [3.05, 3.63) is 95.5 Å². The van der Waals surface area contributed by atoms with Crippen LogP contribution in [0.25, 0.3) is 0 Å². The summed E-state index contributed by atoms with van der Waals surface area (Å²) in [6.07, 6.45) is 3.42. The standard InChI is InChI=1S/C22H17NO3S2/c1-27-18-11-7-10-17(14-18)23-15-21(22(24)16-8-3-2-4-9-16)28(25,26)20-13-6-5-12-19(20)23/h2-15H,1H3. The van der Waals surface area contributed by atoms with Crippen molar-refractivity contribution in [2.75, 3.05) is 11.2 Å². The fraction of sp³-hybridized carbons (Fsp3) is 0.0455. The second kappa shape index (κ2) is 7.30. The second-order valence-corrected chi connectivity index (χ2v) is 9.00. The molecule has 28 heavy (non-hydrogen) atoms. The zero-order chi connectivity index (χ0) is 19.7. The minimum absolute atomic E-state index is 0.131. The van der Waals surface area contributed by atoms with Gasteiger partial charge in [0.2, 0.25) is 15.6 Å². The molecule has 0 aromatic heterocycles. The number of thioether (sulfide) groups is 1. The van der Waals surface area contributed by atoms with Crippen LogP contribution in [-0.4, -0.2) is 20.5 Å². The molecule has 140 valence electrons. The summed E-state index contributed by atoms with van der Waals surface area (Å²) in [5.74, 6) is -0.513. The molecule has 4 nitrogen and oxygen atoms in total. The smallest absolute Gasteiger partial charge is 0.214 e. The van der Waals surface area contributed by atoms with Gasteiger partial charge in [0.15, 0.2) is 0 Å². The van der Waals surface area contributed by atoms with Crippen molar-refractivity contribution in [1.82, 2.24) is 0 Å². The Balaban J connectivity index is 1.93. The predicted molar refractivity (Wildman–Crippen MR) is 113 cm³/mol. The molecule has 0 atom stereocenters. The van der Waals surface area contributed by atoms with Gasteiger partial charge in [-0.15, -0.1) is 11.8 Å². The molecular weight excluding hydrogens is 390 g/mol. The Hall–Kier alpha value is -2.83.